The van der Waals surface area contributed by atoms with Crippen LogP contribution in [-0.4, -0.2) is 12.5 Å². The van der Waals surface area contributed by atoms with Crippen LogP contribution in [-0.2, 0) is 17.9 Å². The van der Waals surface area contributed by atoms with E-state index in [1.807, 2.05) is 24.3 Å². The third-order valence-corrected chi connectivity index (χ3v) is 4.01. The number of hydrogen-bond acceptors (Lipinski definition) is 2. The molecule has 1 amide bonds. The average molecular weight is 349 g/mol. The first-order valence-electron chi connectivity index (χ1n) is 6.68. The summed E-state index contributed by atoms with van der Waals surface area (Å²) in [5, 5.41) is 3.10. The summed E-state index contributed by atoms with van der Waals surface area (Å²) in [6.07, 6.45) is 0. The van der Waals surface area contributed by atoms with Gasteiger partial charge in [-0.1, -0.05) is 40.2 Å². The Morgan fingerprint density at radius 1 is 1.19 bits per heavy atom. The molecular weight excluding hydrogens is 335 g/mol. The van der Waals surface area contributed by atoms with E-state index in [0.29, 0.717) is 16.6 Å². The van der Waals surface area contributed by atoms with Crippen molar-refractivity contribution in [1.82, 2.24) is 5.32 Å². The molecule has 1 aliphatic heterocycles. The number of hydrogen-bond donors (Lipinski definition) is 1. The third-order valence-electron chi connectivity index (χ3n) is 3.52. The Kier molecular flexibility index (Phi) is 4.03. The van der Waals surface area contributed by atoms with Crippen LogP contribution in [0.15, 0.2) is 46.9 Å². The smallest absolute Gasteiger partial charge is 0.241 e. The predicted molar refractivity (Wildman–Crippen MR) is 83.4 cm³/mol. The molecule has 1 aliphatic rings. The number of carbonyl (C=O) groups is 1. The molecule has 0 saturated carbocycles. The highest BCUT2D eigenvalue weighted by atomic mass is 79.9. The lowest BCUT2D eigenvalue weighted by molar-refractivity contribution is -0.117. The minimum atomic E-state index is -0.313. The third kappa shape index (κ3) is 2.99. The molecule has 0 aromatic heterocycles. The Labute approximate surface area is 130 Å². The van der Waals surface area contributed by atoms with Crippen molar-refractivity contribution >= 4 is 27.5 Å². The van der Waals surface area contributed by atoms with Gasteiger partial charge in [-0.2, -0.15) is 0 Å². The van der Waals surface area contributed by atoms with Crippen molar-refractivity contribution in [2.24, 2.45) is 0 Å². The molecule has 21 heavy (non-hydrogen) atoms. The molecule has 0 bridgehead atoms. The van der Waals surface area contributed by atoms with Crippen LogP contribution >= 0.6 is 15.9 Å². The largest absolute Gasteiger partial charge is 0.306 e. The number of benzene rings is 2. The molecule has 1 N–H and O–H groups in total. The molecule has 0 saturated heterocycles. The summed E-state index contributed by atoms with van der Waals surface area (Å²) < 4.78 is 14.7. The van der Waals surface area contributed by atoms with Gasteiger partial charge in [-0.05, 0) is 23.8 Å². The highest BCUT2D eigenvalue weighted by molar-refractivity contribution is 9.10. The molecule has 0 spiro atoms. The molecule has 0 atom stereocenters. The van der Waals surface area contributed by atoms with Gasteiger partial charge in [0.2, 0.25) is 5.91 Å². The zero-order chi connectivity index (χ0) is 14.8. The molecule has 108 valence electrons. The van der Waals surface area contributed by atoms with E-state index in [4.69, 9.17) is 0 Å². The SMILES string of the molecule is O=C1CNCc2ccccc2N1Cc1ccc(Br)cc1F. The van der Waals surface area contributed by atoms with Crippen molar-refractivity contribution in [3.05, 3.63) is 63.9 Å². The summed E-state index contributed by atoms with van der Waals surface area (Å²) in [5.74, 6) is -0.367. The highest BCUT2D eigenvalue weighted by Crippen LogP contribution is 2.25. The van der Waals surface area contributed by atoms with Gasteiger partial charge in [0.25, 0.3) is 0 Å². The number of carbonyl (C=O) groups excluding carboxylic acids is 1. The van der Waals surface area contributed by atoms with Crippen molar-refractivity contribution in [1.29, 1.82) is 0 Å². The molecule has 2 aromatic carbocycles. The maximum Gasteiger partial charge on any atom is 0.241 e. The molecule has 0 fully saturated rings. The number of nitrogens with zero attached hydrogens (tertiary/aromatic N) is 1. The Bertz CT molecular complexity index is 690. The van der Waals surface area contributed by atoms with Gasteiger partial charge in [0, 0.05) is 22.3 Å². The molecule has 1 heterocycles. The Balaban J connectivity index is 1.98. The maximum absolute atomic E-state index is 14.0. The van der Waals surface area contributed by atoms with Crippen LogP contribution in [0.2, 0.25) is 0 Å². The van der Waals surface area contributed by atoms with Crippen LogP contribution in [0.3, 0.4) is 0 Å². The predicted octanol–water partition coefficient (Wildman–Crippen LogP) is 3.22. The molecule has 0 aliphatic carbocycles. The van der Waals surface area contributed by atoms with E-state index in [0.717, 1.165) is 11.3 Å². The van der Waals surface area contributed by atoms with Gasteiger partial charge >= 0.3 is 0 Å². The Morgan fingerprint density at radius 2 is 2.00 bits per heavy atom. The van der Waals surface area contributed by atoms with Gasteiger partial charge in [-0.3, -0.25) is 4.79 Å². The number of para-hydroxylation sites is 1. The van der Waals surface area contributed by atoms with Gasteiger partial charge < -0.3 is 10.2 Å². The first-order chi connectivity index (χ1) is 10.1. The van der Waals surface area contributed by atoms with Crippen molar-refractivity contribution < 1.29 is 9.18 Å². The summed E-state index contributed by atoms with van der Waals surface area (Å²) in [7, 11) is 0. The molecule has 0 unspecified atom stereocenters. The lowest BCUT2D eigenvalue weighted by atomic mass is 10.1. The minimum absolute atomic E-state index is 0.0535. The van der Waals surface area contributed by atoms with Crippen LogP contribution in [0.25, 0.3) is 0 Å². The second-order valence-corrected chi connectivity index (χ2v) is 5.86. The van der Waals surface area contributed by atoms with E-state index in [1.54, 1.807) is 17.0 Å². The fourth-order valence-electron chi connectivity index (χ4n) is 2.45. The summed E-state index contributed by atoms with van der Waals surface area (Å²) in [6.45, 7) is 1.13. The van der Waals surface area contributed by atoms with E-state index in [-0.39, 0.29) is 24.8 Å². The van der Waals surface area contributed by atoms with E-state index >= 15 is 0 Å². The standard InChI is InChI=1S/C16H14BrFN2O/c17-13-6-5-12(14(18)7-13)10-20-15-4-2-1-3-11(15)8-19-9-16(20)21/h1-7,19H,8-10H2. The lowest BCUT2D eigenvalue weighted by Crippen LogP contribution is -2.35. The van der Waals surface area contributed by atoms with Crippen LogP contribution in [0.4, 0.5) is 10.1 Å². The minimum Gasteiger partial charge on any atom is -0.306 e. The quantitative estimate of drug-likeness (QED) is 0.903. The number of rotatable bonds is 2. The molecule has 2 aromatic rings. The zero-order valence-electron chi connectivity index (χ0n) is 11.3. The van der Waals surface area contributed by atoms with Crippen molar-refractivity contribution in [2.75, 3.05) is 11.4 Å². The monoisotopic (exact) mass is 348 g/mol. The fourth-order valence-corrected chi connectivity index (χ4v) is 2.78. The molecule has 3 rings (SSSR count). The van der Waals surface area contributed by atoms with Gasteiger partial charge in [-0.25, -0.2) is 4.39 Å². The summed E-state index contributed by atoms with van der Waals surface area (Å²) in [5.41, 5.74) is 2.39. The Hall–Kier alpha value is -1.72. The van der Waals surface area contributed by atoms with Crippen molar-refractivity contribution in [3.8, 4) is 0 Å². The van der Waals surface area contributed by atoms with Gasteiger partial charge in [0.1, 0.15) is 5.82 Å². The first-order valence-corrected chi connectivity index (χ1v) is 7.47. The van der Waals surface area contributed by atoms with Crippen LogP contribution in [0, 0.1) is 5.82 Å². The van der Waals surface area contributed by atoms with Crippen LogP contribution < -0.4 is 10.2 Å². The summed E-state index contributed by atoms with van der Waals surface area (Å²) >= 11 is 3.24. The number of halogens is 2. The van der Waals surface area contributed by atoms with Crippen molar-refractivity contribution in [3.63, 3.8) is 0 Å². The lowest BCUT2D eigenvalue weighted by Gasteiger charge is -2.23. The maximum atomic E-state index is 14.0. The van der Waals surface area contributed by atoms with Crippen molar-refractivity contribution in [2.45, 2.75) is 13.1 Å². The first kappa shape index (κ1) is 14.2. The van der Waals surface area contributed by atoms with Gasteiger partial charge in [-0.15, -0.1) is 0 Å². The van der Waals surface area contributed by atoms with E-state index < -0.39 is 0 Å². The second-order valence-electron chi connectivity index (χ2n) is 4.95. The van der Waals surface area contributed by atoms with Gasteiger partial charge in [0.05, 0.1) is 13.1 Å². The average Bonchev–Trinajstić information content (AvgIpc) is 2.62. The zero-order valence-corrected chi connectivity index (χ0v) is 12.9. The second kappa shape index (κ2) is 5.95. The van der Waals surface area contributed by atoms with Crippen LogP contribution in [0.1, 0.15) is 11.1 Å². The van der Waals surface area contributed by atoms with E-state index in [1.165, 1.54) is 6.07 Å². The van der Waals surface area contributed by atoms with E-state index in [2.05, 4.69) is 21.2 Å². The summed E-state index contributed by atoms with van der Waals surface area (Å²) in [6, 6.07) is 12.6. The molecule has 5 heteroatoms. The molecule has 3 nitrogen and oxygen atoms in total. The number of amides is 1. The fraction of sp³-hybridized carbons (Fsp3) is 0.188. The number of fused-ring (bicyclic) bond motifs is 1. The summed E-state index contributed by atoms with van der Waals surface area (Å²) in [4.78, 5) is 13.9. The Morgan fingerprint density at radius 3 is 2.81 bits per heavy atom. The topological polar surface area (TPSA) is 32.3 Å². The normalized spacial score (nSPS) is 14.8. The molecule has 0 radical (unpaired) electrons. The van der Waals surface area contributed by atoms with Gasteiger partial charge in [0.15, 0.2) is 0 Å². The van der Waals surface area contributed by atoms with E-state index in [9.17, 15) is 9.18 Å². The molecular formula is C16H14BrFN2O. The van der Waals surface area contributed by atoms with Crippen LogP contribution in [0.5, 0.6) is 0 Å². The number of nitrogens with one attached hydrogen (secondary N) is 1. The highest BCUT2D eigenvalue weighted by Gasteiger charge is 2.22. The number of anilines is 1.